The highest BCUT2D eigenvalue weighted by molar-refractivity contribution is 5.92. The van der Waals surface area contributed by atoms with Crippen LogP contribution in [0.3, 0.4) is 0 Å². The Morgan fingerprint density at radius 3 is 1.73 bits per heavy atom. The number of pyridine rings is 1. The Morgan fingerprint density at radius 2 is 1.04 bits per heavy atom. The standard InChI is InChI=1S/C25H17N/c1-3-8-20-16-22(13-11-18(20)6-1)24-10-5-15-26-25(24)23-14-12-19-7-2-4-9-21(19)17-23/h1-17H. The fraction of sp³-hybridized carbons (Fsp3) is 0. The van der Waals surface area contributed by atoms with Crippen LogP contribution in [0.1, 0.15) is 0 Å². The zero-order valence-electron chi connectivity index (χ0n) is 14.3. The molecule has 26 heavy (non-hydrogen) atoms. The Hall–Kier alpha value is -3.45. The van der Waals surface area contributed by atoms with Gasteiger partial charge in [-0.2, -0.15) is 0 Å². The second kappa shape index (κ2) is 6.12. The fourth-order valence-corrected chi connectivity index (χ4v) is 3.56. The summed E-state index contributed by atoms with van der Waals surface area (Å²) in [5.74, 6) is 0. The van der Waals surface area contributed by atoms with Crippen LogP contribution in [-0.4, -0.2) is 4.98 Å². The van der Waals surface area contributed by atoms with Gasteiger partial charge in [-0.15, -0.1) is 0 Å². The van der Waals surface area contributed by atoms with Gasteiger partial charge >= 0.3 is 0 Å². The Morgan fingerprint density at radius 1 is 0.462 bits per heavy atom. The van der Waals surface area contributed by atoms with E-state index in [4.69, 9.17) is 4.98 Å². The van der Waals surface area contributed by atoms with Crippen molar-refractivity contribution in [3.8, 4) is 22.4 Å². The first-order valence-electron chi connectivity index (χ1n) is 8.82. The Kier molecular flexibility index (Phi) is 3.50. The molecule has 0 unspecified atom stereocenters. The molecule has 0 N–H and O–H groups in total. The molecule has 0 saturated heterocycles. The van der Waals surface area contributed by atoms with E-state index in [0.29, 0.717) is 0 Å². The van der Waals surface area contributed by atoms with Crippen LogP contribution in [0.4, 0.5) is 0 Å². The molecule has 0 amide bonds. The SMILES string of the molecule is c1cnc(-c2ccc3ccccc3c2)c(-c2ccc3ccccc3c2)c1. The zero-order valence-corrected chi connectivity index (χ0v) is 14.3. The maximum atomic E-state index is 4.71. The van der Waals surface area contributed by atoms with Gasteiger partial charge in [0.15, 0.2) is 0 Å². The number of hydrogen-bond donors (Lipinski definition) is 0. The van der Waals surface area contributed by atoms with Gasteiger partial charge < -0.3 is 0 Å². The quantitative estimate of drug-likeness (QED) is 0.350. The lowest BCUT2D eigenvalue weighted by molar-refractivity contribution is 1.33. The van der Waals surface area contributed by atoms with Crippen molar-refractivity contribution in [1.29, 1.82) is 0 Å². The maximum Gasteiger partial charge on any atom is 0.0780 e. The van der Waals surface area contributed by atoms with Crippen LogP contribution in [0.15, 0.2) is 103 Å². The van der Waals surface area contributed by atoms with E-state index in [1.807, 2.05) is 12.3 Å². The molecule has 4 aromatic carbocycles. The minimum atomic E-state index is 1.02. The number of benzene rings is 4. The molecule has 0 bridgehead atoms. The van der Waals surface area contributed by atoms with Gasteiger partial charge in [-0.25, -0.2) is 0 Å². The van der Waals surface area contributed by atoms with Crippen molar-refractivity contribution in [2.24, 2.45) is 0 Å². The van der Waals surface area contributed by atoms with E-state index in [1.165, 1.54) is 27.1 Å². The molecule has 0 radical (unpaired) electrons. The molecular formula is C25H17N. The topological polar surface area (TPSA) is 12.9 Å². The zero-order chi connectivity index (χ0) is 17.3. The predicted molar refractivity (Wildman–Crippen MR) is 110 cm³/mol. The third kappa shape index (κ3) is 2.55. The van der Waals surface area contributed by atoms with Gasteiger partial charge in [0, 0.05) is 17.3 Å². The second-order valence-corrected chi connectivity index (χ2v) is 6.52. The first-order chi connectivity index (χ1) is 12.9. The van der Waals surface area contributed by atoms with E-state index in [2.05, 4.69) is 91.0 Å². The molecule has 0 aliphatic rings. The van der Waals surface area contributed by atoms with Crippen LogP contribution >= 0.6 is 0 Å². The Bertz CT molecular complexity index is 1140. The van der Waals surface area contributed by atoms with E-state index in [1.54, 1.807) is 0 Å². The molecule has 1 nitrogen and oxygen atoms in total. The molecule has 5 aromatic rings. The summed E-state index contributed by atoms with van der Waals surface area (Å²) in [5.41, 5.74) is 4.52. The summed E-state index contributed by atoms with van der Waals surface area (Å²) in [6.45, 7) is 0. The summed E-state index contributed by atoms with van der Waals surface area (Å²) in [5, 5.41) is 4.99. The highest BCUT2D eigenvalue weighted by atomic mass is 14.7. The van der Waals surface area contributed by atoms with Crippen molar-refractivity contribution < 1.29 is 0 Å². The van der Waals surface area contributed by atoms with Crippen LogP contribution in [-0.2, 0) is 0 Å². The molecule has 1 aromatic heterocycles. The van der Waals surface area contributed by atoms with E-state index < -0.39 is 0 Å². The van der Waals surface area contributed by atoms with Crippen LogP contribution in [0, 0.1) is 0 Å². The summed E-state index contributed by atoms with van der Waals surface area (Å²) in [6.07, 6.45) is 1.87. The first kappa shape index (κ1) is 14.9. The van der Waals surface area contributed by atoms with Crippen molar-refractivity contribution >= 4 is 21.5 Å². The van der Waals surface area contributed by atoms with Gasteiger partial charge in [0.05, 0.1) is 5.69 Å². The molecule has 0 atom stereocenters. The minimum absolute atomic E-state index is 1.02. The largest absolute Gasteiger partial charge is 0.256 e. The van der Waals surface area contributed by atoms with Crippen molar-refractivity contribution in [3.63, 3.8) is 0 Å². The van der Waals surface area contributed by atoms with Gasteiger partial charge in [0.25, 0.3) is 0 Å². The molecule has 0 spiro atoms. The number of hydrogen-bond acceptors (Lipinski definition) is 1. The molecule has 1 heterocycles. The van der Waals surface area contributed by atoms with Crippen LogP contribution < -0.4 is 0 Å². The van der Waals surface area contributed by atoms with Gasteiger partial charge in [-0.3, -0.25) is 4.98 Å². The van der Waals surface area contributed by atoms with Crippen molar-refractivity contribution in [3.05, 3.63) is 103 Å². The summed E-state index contributed by atoms with van der Waals surface area (Å²) < 4.78 is 0. The van der Waals surface area contributed by atoms with Crippen LogP contribution in [0.25, 0.3) is 43.9 Å². The lowest BCUT2D eigenvalue weighted by Gasteiger charge is -2.11. The van der Waals surface area contributed by atoms with Crippen molar-refractivity contribution in [1.82, 2.24) is 4.98 Å². The molecule has 122 valence electrons. The van der Waals surface area contributed by atoms with Gasteiger partial charge in [-0.1, -0.05) is 78.9 Å². The molecule has 0 aliphatic heterocycles. The lowest BCUT2D eigenvalue weighted by Crippen LogP contribution is -1.89. The minimum Gasteiger partial charge on any atom is -0.256 e. The average Bonchev–Trinajstić information content (AvgIpc) is 2.73. The summed E-state index contributed by atoms with van der Waals surface area (Å²) in [4.78, 5) is 4.71. The number of aromatic nitrogens is 1. The predicted octanol–water partition coefficient (Wildman–Crippen LogP) is 6.72. The molecule has 0 saturated carbocycles. The highest BCUT2D eigenvalue weighted by Gasteiger charge is 2.09. The van der Waals surface area contributed by atoms with E-state index >= 15 is 0 Å². The molecular weight excluding hydrogens is 314 g/mol. The normalized spacial score (nSPS) is 11.1. The molecule has 1 heteroatoms. The van der Waals surface area contributed by atoms with Crippen LogP contribution in [0.2, 0.25) is 0 Å². The first-order valence-corrected chi connectivity index (χ1v) is 8.82. The van der Waals surface area contributed by atoms with E-state index in [9.17, 15) is 0 Å². The second-order valence-electron chi connectivity index (χ2n) is 6.52. The third-order valence-corrected chi connectivity index (χ3v) is 4.89. The Balaban J connectivity index is 1.70. The number of rotatable bonds is 2. The molecule has 5 rings (SSSR count). The summed E-state index contributed by atoms with van der Waals surface area (Å²) in [7, 11) is 0. The van der Waals surface area contributed by atoms with E-state index in [-0.39, 0.29) is 0 Å². The van der Waals surface area contributed by atoms with Gasteiger partial charge in [0.2, 0.25) is 0 Å². The van der Waals surface area contributed by atoms with E-state index in [0.717, 1.165) is 16.8 Å². The average molecular weight is 331 g/mol. The van der Waals surface area contributed by atoms with Crippen molar-refractivity contribution in [2.45, 2.75) is 0 Å². The summed E-state index contributed by atoms with van der Waals surface area (Å²) >= 11 is 0. The maximum absolute atomic E-state index is 4.71. The smallest absolute Gasteiger partial charge is 0.0780 e. The highest BCUT2D eigenvalue weighted by Crippen LogP contribution is 2.33. The monoisotopic (exact) mass is 331 g/mol. The van der Waals surface area contributed by atoms with Crippen LogP contribution in [0.5, 0.6) is 0 Å². The molecule has 0 aliphatic carbocycles. The van der Waals surface area contributed by atoms with Crippen molar-refractivity contribution in [2.75, 3.05) is 0 Å². The van der Waals surface area contributed by atoms with Gasteiger partial charge in [0.1, 0.15) is 0 Å². The Labute approximate surface area is 152 Å². The number of fused-ring (bicyclic) bond motifs is 2. The summed E-state index contributed by atoms with van der Waals surface area (Å²) in [6, 6.07) is 34.2. The van der Waals surface area contributed by atoms with Gasteiger partial charge in [-0.05, 0) is 45.3 Å². The fourth-order valence-electron chi connectivity index (χ4n) is 3.56. The third-order valence-electron chi connectivity index (χ3n) is 4.89. The lowest BCUT2D eigenvalue weighted by atomic mass is 9.96. The molecule has 0 fully saturated rings. The number of nitrogens with zero attached hydrogens (tertiary/aromatic N) is 1.